The van der Waals surface area contributed by atoms with E-state index in [1.54, 1.807) is 31.7 Å². The zero-order valence-corrected chi connectivity index (χ0v) is 17.7. The van der Waals surface area contributed by atoms with Gasteiger partial charge in [0.25, 0.3) is 0 Å². The van der Waals surface area contributed by atoms with Crippen LogP contribution in [0.3, 0.4) is 0 Å². The van der Waals surface area contributed by atoms with Gasteiger partial charge in [0, 0.05) is 25.0 Å². The molecule has 3 rings (SSSR count). The van der Waals surface area contributed by atoms with Gasteiger partial charge in [-0.2, -0.15) is 0 Å². The van der Waals surface area contributed by atoms with Gasteiger partial charge in [-0.1, -0.05) is 6.07 Å². The van der Waals surface area contributed by atoms with Crippen LogP contribution in [-0.2, 0) is 9.53 Å². The molecule has 2 amide bonds. The molecule has 0 radical (unpaired) electrons. The van der Waals surface area contributed by atoms with E-state index < -0.39 is 23.5 Å². The molecule has 1 saturated carbocycles. The maximum Gasteiger partial charge on any atom is 0.411 e. The minimum Gasteiger partial charge on any atom is -0.478 e. The predicted molar refractivity (Wildman–Crippen MR) is 108 cm³/mol. The summed E-state index contributed by atoms with van der Waals surface area (Å²) in [5.41, 5.74) is -0.285. The molecule has 2 aliphatic rings. The Hall–Kier alpha value is -2.64. The fraction of sp³-hybridized carbons (Fsp3) is 0.591. The van der Waals surface area contributed by atoms with E-state index in [2.05, 4.69) is 0 Å². The Balaban J connectivity index is 1.67. The molecule has 0 spiro atoms. The molecule has 0 aromatic heterocycles. The van der Waals surface area contributed by atoms with Crippen molar-refractivity contribution in [1.29, 1.82) is 0 Å². The molecule has 1 aromatic carbocycles. The van der Waals surface area contributed by atoms with Crippen molar-refractivity contribution in [3.8, 4) is 0 Å². The Morgan fingerprint density at radius 1 is 1.23 bits per heavy atom. The Kier molecular flexibility index (Phi) is 6.33. The largest absolute Gasteiger partial charge is 0.478 e. The molecule has 7 nitrogen and oxygen atoms in total. The topological polar surface area (TPSA) is 87.2 Å². The van der Waals surface area contributed by atoms with E-state index >= 15 is 0 Å². The SMILES string of the molecule is CC(C)(C)OC(=O)N(CC(=O)N1CCCC(c2ccc(F)c(C(=O)O)c2)C1)C1CC1. The van der Waals surface area contributed by atoms with Crippen LogP contribution in [0.15, 0.2) is 18.2 Å². The molecule has 0 bridgehead atoms. The summed E-state index contributed by atoms with van der Waals surface area (Å²) < 4.78 is 19.2. The summed E-state index contributed by atoms with van der Waals surface area (Å²) in [6.07, 6.45) is 2.79. The Morgan fingerprint density at radius 3 is 2.53 bits per heavy atom. The van der Waals surface area contributed by atoms with Crippen LogP contribution in [-0.4, -0.2) is 64.2 Å². The highest BCUT2D eigenvalue weighted by Crippen LogP contribution is 2.31. The van der Waals surface area contributed by atoms with Gasteiger partial charge in [-0.3, -0.25) is 9.69 Å². The van der Waals surface area contributed by atoms with Gasteiger partial charge in [0.1, 0.15) is 18.0 Å². The third-order valence-electron chi connectivity index (χ3n) is 5.39. The van der Waals surface area contributed by atoms with Crippen LogP contribution < -0.4 is 0 Å². The fourth-order valence-corrected chi connectivity index (χ4v) is 3.73. The number of hydrogen-bond donors (Lipinski definition) is 1. The Bertz CT molecular complexity index is 831. The van der Waals surface area contributed by atoms with Crippen molar-refractivity contribution in [3.63, 3.8) is 0 Å². The van der Waals surface area contributed by atoms with Crippen molar-refractivity contribution in [3.05, 3.63) is 35.1 Å². The van der Waals surface area contributed by atoms with Gasteiger partial charge in [0.15, 0.2) is 0 Å². The first kappa shape index (κ1) is 22.1. The predicted octanol–water partition coefficient (Wildman–Crippen LogP) is 3.63. The van der Waals surface area contributed by atoms with Crippen LogP contribution in [0.5, 0.6) is 0 Å². The lowest BCUT2D eigenvalue weighted by atomic mass is 9.89. The molecule has 30 heavy (non-hydrogen) atoms. The Labute approximate surface area is 175 Å². The van der Waals surface area contributed by atoms with Gasteiger partial charge in [0.2, 0.25) is 5.91 Å². The molecule has 1 heterocycles. The number of nitrogens with zero attached hydrogens (tertiary/aromatic N) is 2. The van der Waals surface area contributed by atoms with Gasteiger partial charge in [-0.25, -0.2) is 14.0 Å². The lowest BCUT2D eigenvalue weighted by molar-refractivity contribution is -0.133. The number of hydrogen-bond acceptors (Lipinski definition) is 4. The summed E-state index contributed by atoms with van der Waals surface area (Å²) in [4.78, 5) is 39.9. The number of carboxylic acids is 1. The van der Waals surface area contributed by atoms with Crippen LogP contribution in [0, 0.1) is 5.82 Å². The molecule has 8 heteroatoms. The van der Waals surface area contributed by atoms with E-state index in [1.165, 1.54) is 11.0 Å². The number of aromatic carboxylic acids is 1. The normalized spacial score (nSPS) is 19.3. The fourth-order valence-electron chi connectivity index (χ4n) is 3.73. The van der Waals surface area contributed by atoms with Crippen molar-refractivity contribution < 1.29 is 28.6 Å². The molecule has 1 N–H and O–H groups in total. The number of piperidine rings is 1. The zero-order valence-electron chi connectivity index (χ0n) is 17.7. The number of rotatable bonds is 5. The monoisotopic (exact) mass is 420 g/mol. The van der Waals surface area contributed by atoms with Crippen molar-refractivity contribution in [2.24, 2.45) is 0 Å². The quantitative estimate of drug-likeness (QED) is 0.786. The van der Waals surface area contributed by atoms with Gasteiger partial charge < -0.3 is 14.7 Å². The average molecular weight is 420 g/mol. The highest BCUT2D eigenvalue weighted by atomic mass is 19.1. The van der Waals surface area contributed by atoms with Gasteiger partial charge in [-0.15, -0.1) is 0 Å². The zero-order chi connectivity index (χ0) is 22.1. The standard InChI is InChI=1S/C22H29FN2O5/c1-22(2,3)30-21(29)25(16-7-8-16)13-19(26)24-10-4-5-15(12-24)14-6-9-18(23)17(11-14)20(27)28/h6,9,11,15-16H,4-5,7-8,10,12-13H2,1-3H3,(H,27,28). The molecule has 1 aromatic rings. The first-order valence-electron chi connectivity index (χ1n) is 10.4. The molecule has 1 aliphatic carbocycles. The highest BCUT2D eigenvalue weighted by molar-refractivity contribution is 5.88. The van der Waals surface area contributed by atoms with Gasteiger partial charge >= 0.3 is 12.1 Å². The van der Waals surface area contributed by atoms with Crippen molar-refractivity contribution in [1.82, 2.24) is 9.80 Å². The number of amides is 2. The molecular formula is C22H29FN2O5. The van der Waals surface area contributed by atoms with Crippen LogP contribution in [0.4, 0.5) is 9.18 Å². The average Bonchev–Trinajstić information content (AvgIpc) is 3.49. The first-order chi connectivity index (χ1) is 14.0. The van der Waals surface area contributed by atoms with Crippen molar-refractivity contribution in [2.45, 2.75) is 64.0 Å². The summed E-state index contributed by atoms with van der Waals surface area (Å²) in [6.45, 7) is 6.34. The number of halogens is 1. The van der Waals surface area contributed by atoms with E-state index in [9.17, 15) is 18.8 Å². The molecule has 1 unspecified atom stereocenters. The number of ether oxygens (including phenoxy) is 1. The Morgan fingerprint density at radius 2 is 1.93 bits per heavy atom. The van der Waals surface area contributed by atoms with E-state index in [0.717, 1.165) is 31.7 Å². The van der Waals surface area contributed by atoms with Crippen LogP contribution >= 0.6 is 0 Å². The second-order valence-corrected chi connectivity index (χ2v) is 9.06. The molecule has 1 aliphatic heterocycles. The van der Waals surface area contributed by atoms with E-state index in [4.69, 9.17) is 9.84 Å². The lowest BCUT2D eigenvalue weighted by Gasteiger charge is -2.35. The molecular weight excluding hydrogens is 391 g/mol. The van der Waals surface area contributed by atoms with Crippen LogP contribution in [0.25, 0.3) is 0 Å². The van der Waals surface area contributed by atoms with E-state index in [0.29, 0.717) is 18.7 Å². The second-order valence-electron chi connectivity index (χ2n) is 9.06. The van der Waals surface area contributed by atoms with E-state index in [1.807, 2.05) is 0 Å². The minimum absolute atomic E-state index is 0.0317. The number of carboxylic acid groups (broad SMARTS) is 1. The number of likely N-dealkylation sites (tertiary alicyclic amines) is 1. The summed E-state index contributed by atoms with van der Waals surface area (Å²) in [6, 6.07) is 4.14. The molecule has 1 saturated heterocycles. The third kappa shape index (κ3) is 5.49. The van der Waals surface area contributed by atoms with Crippen molar-refractivity contribution >= 4 is 18.0 Å². The summed E-state index contributed by atoms with van der Waals surface area (Å²) in [5.74, 6) is -2.31. The van der Waals surface area contributed by atoms with Crippen molar-refractivity contribution in [2.75, 3.05) is 19.6 Å². The second kappa shape index (κ2) is 8.62. The van der Waals surface area contributed by atoms with Gasteiger partial charge in [-0.05, 0) is 64.2 Å². The summed E-state index contributed by atoms with van der Waals surface area (Å²) in [7, 11) is 0. The summed E-state index contributed by atoms with van der Waals surface area (Å²) >= 11 is 0. The number of benzene rings is 1. The van der Waals surface area contributed by atoms with Crippen LogP contribution in [0.2, 0.25) is 0 Å². The number of carbonyl (C=O) groups is 3. The minimum atomic E-state index is -1.31. The number of carbonyl (C=O) groups excluding carboxylic acids is 2. The molecule has 2 fully saturated rings. The lowest BCUT2D eigenvalue weighted by Crippen LogP contribution is -2.48. The van der Waals surface area contributed by atoms with Crippen LogP contribution in [0.1, 0.15) is 68.3 Å². The van der Waals surface area contributed by atoms with Gasteiger partial charge in [0.05, 0.1) is 5.56 Å². The highest BCUT2D eigenvalue weighted by Gasteiger charge is 2.38. The molecule has 1 atom stereocenters. The molecule has 164 valence electrons. The third-order valence-corrected chi connectivity index (χ3v) is 5.39. The maximum absolute atomic E-state index is 13.7. The maximum atomic E-state index is 13.7. The van der Waals surface area contributed by atoms with E-state index in [-0.39, 0.29) is 30.0 Å². The smallest absolute Gasteiger partial charge is 0.411 e. The summed E-state index contributed by atoms with van der Waals surface area (Å²) in [5, 5.41) is 9.16. The first-order valence-corrected chi connectivity index (χ1v) is 10.4.